The van der Waals surface area contributed by atoms with Crippen molar-refractivity contribution in [2.24, 2.45) is 5.92 Å². The zero-order valence-electron chi connectivity index (χ0n) is 9.59. The molecule has 2 rings (SSSR count). The monoisotopic (exact) mass is 238 g/mol. The van der Waals surface area contributed by atoms with Gasteiger partial charge in [-0.05, 0) is 30.9 Å². The predicted octanol–water partition coefficient (Wildman–Crippen LogP) is 3.04. The first-order valence-corrected chi connectivity index (χ1v) is 7.46. The predicted molar refractivity (Wildman–Crippen MR) is 65.0 cm³/mol. The maximum absolute atomic E-state index is 12.4. The van der Waals surface area contributed by atoms with Crippen LogP contribution in [-0.2, 0) is 9.84 Å². The zero-order valence-corrected chi connectivity index (χ0v) is 10.4. The highest BCUT2D eigenvalue weighted by Gasteiger charge is 2.33. The Morgan fingerprint density at radius 1 is 1.06 bits per heavy atom. The molecule has 0 bridgehead atoms. The topological polar surface area (TPSA) is 34.1 Å². The van der Waals surface area contributed by atoms with Gasteiger partial charge in [-0.2, -0.15) is 0 Å². The number of sulfone groups is 1. The molecule has 1 fully saturated rings. The molecular weight excluding hydrogens is 220 g/mol. The Morgan fingerprint density at radius 3 is 2.31 bits per heavy atom. The van der Waals surface area contributed by atoms with E-state index in [9.17, 15) is 8.42 Å². The molecule has 1 aliphatic carbocycles. The molecule has 0 aromatic heterocycles. The Labute approximate surface area is 97.6 Å². The third-order valence-electron chi connectivity index (χ3n) is 3.50. The molecular formula is C13H18O2S. The molecule has 2 nitrogen and oxygen atoms in total. The van der Waals surface area contributed by atoms with Gasteiger partial charge >= 0.3 is 0 Å². The van der Waals surface area contributed by atoms with Gasteiger partial charge in [-0.3, -0.25) is 0 Å². The van der Waals surface area contributed by atoms with Crippen molar-refractivity contribution in [3.8, 4) is 0 Å². The third kappa shape index (κ3) is 2.14. The summed E-state index contributed by atoms with van der Waals surface area (Å²) >= 11 is 0. The van der Waals surface area contributed by atoms with Gasteiger partial charge in [-0.15, -0.1) is 0 Å². The Kier molecular flexibility index (Phi) is 3.33. The number of rotatable bonds is 2. The van der Waals surface area contributed by atoms with E-state index < -0.39 is 9.84 Å². The number of hydrogen-bond acceptors (Lipinski definition) is 2. The standard InChI is InChI=1S/C13H18O2S/c1-11-7-5-6-10-13(11)16(14,15)12-8-3-2-4-9-12/h2-4,8-9,11,13H,5-7,10H2,1H3/t11-,13+/m1/s1. The smallest absolute Gasteiger partial charge is 0.181 e. The highest BCUT2D eigenvalue weighted by atomic mass is 32.2. The molecule has 0 aliphatic heterocycles. The van der Waals surface area contributed by atoms with E-state index in [1.54, 1.807) is 24.3 Å². The number of benzene rings is 1. The van der Waals surface area contributed by atoms with E-state index in [0.29, 0.717) is 10.8 Å². The highest BCUT2D eigenvalue weighted by Crippen LogP contribution is 2.32. The van der Waals surface area contributed by atoms with Crippen LogP contribution in [-0.4, -0.2) is 13.7 Å². The number of hydrogen-bond donors (Lipinski definition) is 0. The van der Waals surface area contributed by atoms with Gasteiger partial charge < -0.3 is 0 Å². The Hall–Kier alpha value is -0.830. The van der Waals surface area contributed by atoms with E-state index in [1.807, 2.05) is 6.07 Å². The molecule has 2 atom stereocenters. The van der Waals surface area contributed by atoms with E-state index in [1.165, 1.54) is 6.42 Å². The summed E-state index contributed by atoms with van der Waals surface area (Å²) in [7, 11) is -3.11. The van der Waals surface area contributed by atoms with Gasteiger partial charge in [0.25, 0.3) is 0 Å². The van der Waals surface area contributed by atoms with Crippen molar-refractivity contribution in [3.63, 3.8) is 0 Å². The third-order valence-corrected chi connectivity index (χ3v) is 5.93. The maximum atomic E-state index is 12.4. The van der Waals surface area contributed by atoms with E-state index >= 15 is 0 Å². The van der Waals surface area contributed by atoms with E-state index in [2.05, 4.69) is 6.92 Å². The normalized spacial score (nSPS) is 26.6. The molecule has 0 saturated heterocycles. The van der Waals surface area contributed by atoms with Gasteiger partial charge in [-0.1, -0.05) is 38.0 Å². The molecule has 0 radical (unpaired) electrons. The van der Waals surface area contributed by atoms with Crippen molar-refractivity contribution >= 4 is 9.84 Å². The summed E-state index contributed by atoms with van der Waals surface area (Å²) in [6.07, 6.45) is 4.07. The molecule has 0 amide bonds. The molecule has 1 aromatic carbocycles. The molecule has 0 unspecified atom stereocenters. The van der Waals surface area contributed by atoms with Crippen molar-refractivity contribution < 1.29 is 8.42 Å². The lowest BCUT2D eigenvalue weighted by molar-refractivity contribution is 0.381. The van der Waals surface area contributed by atoms with E-state index in [0.717, 1.165) is 19.3 Å². The first kappa shape index (κ1) is 11.6. The molecule has 0 N–H and O–H groups in total. The average molecular weight is 238 g/mol. The van der Waals surface area contributed by atoms with Gasteiger partial charge in [0.05, 0.1) is 10.1 Å². The molecule has 3 heteroatoms. The highest BCUT2D eigenvalue weighted by molar-refractivity contribution is 7.92. The van der Waals surface area contributed by atoms with Crippen molar-refractivity contribution in [1.29, 1.82) is 0 Å². The van der Waals surface area contributed by atoms with E-state index in [4.69, 9.17) is 0 Å². The minimum Gasteiger partial charge on any atom is -0.223 e. The summed E-state index contributed by atoms with van der Waals surface area (Å²) in [6, 6.07) is 8.84. The van der Waals surface area contributed by atoms with Crippen LogP contribution in [0.1, 0.15) is 32.6 Å². The maximum Gasteiger partial charge on any atom is 0.181 e. The fourth-order valence-electron chi connectivity index (χ4n) is 2.53. The molecule has 16 heavy (non-hydrogen) atoms. The molecule has 1 saturated carbocycles. The second-order valence-corrected chi connectivity index (χ2v) is 6.83. The molecule has 1 aliphatic rings. The minimum absolute atomic E-state index is 0.177. The lowest BCUT2D eigenvalue weighted by Crippen LogP contribution is -2.31. The van der Waals surface area contributed by atoms with Crippen LogP contribution in [0, 0.1) is 5.92 Å². The van der Waals surface area contributed by atoms with Crippen molar-refractivity contribution in [2.45, 2.75) is 42.8 Å². The largest absolute Gasteiger partial charge is 0.223 e. The van der Waals surface area contributed by atoms with Crippen LogP contribution in [0.2, 0.25) is 0 Å². The molecule has 88 valence electrons. The molecule has 1 aromatic rings. The van der Waals surface area contributed by atoms with E-state index in [-0.39, 0.29) is 5.25 Å². The fraction of sp³-hybridized carbons (Fsp3) is 0.538. The van der Waals surface area contributed by atoms with Crippen LogP contribution >= 0.6 is 0 Å². The summed E-state index contributed by atoms with van der Waals surface area (Å²) in [6.45, 7) is 2.06. The summed E-state index contributed by atoms with van der Waals surface area (Å²) in [4.78, 5) is 0.480. The fourth-order valence-corrected chi connectivity index (χ4v) is 4.64. The lowest BCUT2D eigenvalue weighted by Gasteiger charge is -2.28. The van der Waals surface area contributed by atoms with Crippen LogP contribution in [0.25, 0.3) is 0 Å². The van der Waals surface area contributed by atoms with Crippen LogP contribution < -0.4 is 0 Å². The van der Waals surface area contributed by atoms with Crippen molar-refractivity contribution in [3.05, 3.63) is 30.3 Å². The van der Waals surface area contributed by atoms with Crippen LogP contribution in [0.15, 0.2) is 35.2 Å². The molecule has 0 spiro atoms. The summed E-state index contributed by atoms with van der Waals surface area (Å²) < 4.78 is 24.8. The Balaban J connectivity index is 2.32. The Bertz CT molecular complexity index is 436. The second-order valence-electron chi connectivity index (χ2n) is 4.66. The summed E-state index contributed by atoms with van der Waals surface area (Å²) in [5, 5.41) is -0.177. The van der Waals surface area contributed by atoms with Gasteiger partial charge in [0.1, 0.15) is 0 Å². The molecule has 0 heterocycles. The summed E-state index contributed by atoms with van der Waals surface area (Å²) in [5.74, 6) is 0.291. The second kappa shape index (κ2) is 4.58. The lowest BCUT2D eigenvalue weighted by atomic mass is 9.90. The minimum atomic E-state index is -3.11. The van der Waals surface area contributed by atoms with Crippen LogP contribution in [0.5, 0.6) is 0 Å². The van der Waals surface area contributed by atoms with Gasteiger partial charge in [0.15, 0.2) is 9.84 Å². The Morgan fingerprint density at radius 2 is 1.69 bits per heavy atom. The van der Waals surface area contributed by atoms with Gasteiger partial charge in [0.2, 0.25) is 0 Å². The average Bonchev–Trinajstić information content (AvgIpc) is 2.30. The van der Waals surface area contributed by atoms with Crippen LogP contribution in [0.4, 0.5) is 0 Å². The SMILES string of the molecule is C[C@@H]1CCCC[C@@H]1S(=O)(=O)c1ccccc1. The summed E-state index contributed by atoms with van der Waals surface area (Å²) in [5.41, 5.74) is 0. The first-order chi connectivity index (χ1) is 7.62. The zero-order chi connectivity index (χ0) is 11.6. The van der Waals surface area contributed by atoms with Crippen molar-refractivity contribution in [2.75, 3.05) is 0 Å². The van der Waals surface area contributed by atoms with Gasteiger partial charge in [-0.25, -0.2) is 8.42 Å². The van der Waals surface area contributed by atoms with Crippen LogP contribution in [0.3, 0.4) is 0 Å². The van der Waals surface area contributed by atoms with Gasteiger partial charge in [0, 0.05) is 0 Å². The van der Waals surface area contributed by atoms with Crippen molar-refractivity contribution in [1.82, 2.24) is 0 Å². The quantitative estimate of drug-likeness (QED) is 0.793. The first-order valence-electron chi connectivity index (χ1n) is 5.91.